The van der Waals surface area contributed by atoms with E-state index >= 15 is 0 Å². The Hall–Kier alpha value is -1.88. The molecule has 5 heteroatoms. The molecule has 144 valence electrons. The number of ether oxygens (including phenoxy) is 1. The second kappa shape index (κ2) is 8.01. The molecule has 1 aromatic heterocycles. The molecule has 1 amide bonds. The molecule has 0 bridgehead atoms. The predicted molar refractivity (Wildman–Crippen MR) is 108 cm³/mol. The van der Waals surface area contributed by atoms with Crippen LogP contribution < -0.4 is 4.74 Å². The zero-order chi connectivity index (χ0) is 18.8. The highest BCUT2D eigenvalue weighted by Gasteiger charge is 2.36. The minimum atomic E-state index is 0.247. The summed E-state index contributed by atoms with van der Waals surface area (Å²) in [5.74, 6) is 1.48. The van der Waals surface area contributed by atoms with Gasteiger partial charge in [-0.2, -0.15) is 0 Å². The largest absolute Gasteiger partial charge is 0.486 e. The number of hydrogen-bond donors (Lipinski definition) is 0. The van der Waals surface area contributed by atoms with Gasteiger partial charge in [-0.25, -0.2) is 4.98 Å². The first-order valence-corrected chi connectivity index (χ1v) is 10.9. The molecule has 0 saturated heterocycles. The summed E-state index contributed by atoms with van der Waals surface area (Å²) >= 11 is 1.62. The molecule has 2 saturated carbocycles. The smallest absolute Gasteiger partial charge is 0.226 e. The molecule has 2 aromatic rings. The molecule has 4 rings (SSSR count). The van der Waals surface area contributed by atoms with E-state index in [0.717, 1.165) is 42.1 Å². The molecule has 4 nitrogen and oxygen atoms in total. The van der Waals surface area contributed by atoms with Crippen LogP contribution in [0.4, 0.5) is 0 Å². The van der Waals surface area contributed by atoms with Gasteiger partial charge in [-0.05, 0) is 62.8 Å². The van der Waals surface area contributed by atoms with Crippen molar-refractivity contribution in [2.75, 3.05) is 0 Å². The van der Waals surface area contributed by atoms with Crippen LogP contribution in [0.5, 0.6) is 5.75 Å². The maximum atomic E-state index is 12.9. The number of thiazole rings is 1. The highest BCUT2D eigenvalue weighted by Crippen LogP contribution is 2.34. The summed E-state index contributed by atoms with van der Waals surface area (Å²) in [6.45, 7) is 5.33. The van der Waals surface area contributed by atoms with Gasteiger partial charge in [0.15, 0.2) is 0 Å². The lowest BCUT2D eigenvalue weighted by molar-refractivity contribution is -0.136. The van der Waals surface area contributed by atoms with Gasteiger partial charge >= 0.3 is 0 Å². The summed E-state index contributed by atoms with van der Waals surface area (Å²) in [6.07, 6.45) is 6.82. The number of nitrogens with zero attached hydrogens (tertiary/aromatic N) is 2. The molecule has 2 aliphatic rings. The Morgan fingerprint density at radius 2 is 1.96 bits per heavy atom. The second-order valence-corrected chi connectivity index (χ2v) is 8.89. The normalized spacial score (nSPS) is 17.3. The quantitative estimate of drug-likeness (QED) is 0.673. The van der Waals surface area contributed by atoms with Gasteiger partial charge in [0, 0.05) is 17.3 Å². The van der Waals surface area contributed by atoms with Crippen molar-refractivity contribution < 1.29 is 9.53 Å². The van der Waals surface area contributed by atoms with Crippen LogP contribution in [0.15, 0.2) is 23.6 Å². The first-order chi connectivity index (χ1) is 13.1. The van der Waals surface area contributed by atoms with Crippen LogP contribution in [-0.4, -0.2) is 21.8 Å². The summed E-state index contributed by atoms with van der Waals surface area (Å²) in [5.41, 5.74) is 3.50. The van der Waals surface area contributed by atoms with Crippen LogP contribution in [0.3, 0.4) is 0 Å². The number of amides is 1. The van der Waals surface area contributed by atoms with E-state index in [9.17, 15) is 4.79 Å². The first-order valence-electron chi connectivity index (χ1n) is 10.0. The fourth-order valence-electron chi connectivity index (χ4n) is 3.79. The van der Waals surface area contributed by atoms with Crippen molar-refractivity contribution in [2.24, 2.45) is 5.92 Å². The van der Waals surface area contributed by atoms with Gasteiger partial charge in [-0.15, -0.1) is 11.3 Å². The zero-order valence-electron chi connectivity index (χ0n) is 16.2. The predicted octanol–water partition coefficient (Wildman–Crippen LogP) is 5.02. The maximum absolute atomic E-state index is 12.9. The Morgan fingerprint density at radius 3 is 2.67 bits per heavy atom. The van der Waals surface area contributed by atoms with E-state index in [2.05, 4.69) is 36.3 Å². The molecule has 0 aliphatic heterocycles. The Labute approximate surface area is 165 Å². The minimum Gasteiger partial charge on any atom is -0.486 e. The van der Waals surface area contributed by atoms with Crippen molar-refractivity contribution in [1.29, 1.82) is 0 Å². The number of aryl methyl sites for hydroxylation is 2. The third-order valence-corrected chi connectivity index (χ3v) is 6.62. The first kappa shape index (κ1) is 18.5. The van der Waals surface area contributed by atoms with E-state index in [1.165, 1.54) is 24.0 Å². The van der Waals surface area contributed by atoms with Crippen molar-refractivity contribution in [2.45, 2.75) is 71.6 Å². The number of hydrogen-bond acceptors (Lipinski definition) is 4. The number of rotatable bonds is 7. The lowest BCUT2D eigenvalue weighted by Gasteiger charge is -2.24. The van der Waals surface area contributed by atoms with Crippen LogP contribution in [0, 0.1) is 19.8 Å². The summed E-state index contributed by atoms with van der Waals surface area (Å²) in [6, 6.07) is 6.60. The van der Waals surface area contributed by atoms with Gasteiger partial charge < -0.3 is 9.64 Å². The molecular weight excluding hydrogens is 356 g/mol. The van der Waals surface area contributed by atoms with Crippen LogP contribution >= 0.6 is 11.3 Å². The standard InChI is InChI=1S/C22H28N2O2S/c1-15-7-10-20(11-16(15)2)26-13-21-23-18(14-27-21)12-24(19-8-9-19)22(25)17-5-3-4-6-17/h7,10-11,14,17,19H,3-6,8-9,12-13H2,1-2H3. The lowest BCUT2D eigenvalue weighted by Crippen LogP contribution is -2.36. The Bertz CT molecular complexity index is 806. The SMILES string of the molecule is Cc1ccc(OCc2nc(CN(C(=O)C3CCCC3)C3CC3)cs2)cc1C. The molecule has 2 aliphatic carbocycles. The zero-order valence-corrected chi connectivity index (χ0v) is 17.1. The number of benzene rings is 1. The van der Waals surface area contributed by atoms with Crippen molar-refractivity contribution in [1.82, 2.24) is 9.88 Å². The van der Waals surface area contributed by atoms with Crippen molar-refractivity contribution in [3.05, 3.63) is 45.4 Å². The average Bonchev–Trinajstić information content (AvgIpc) is 3.17. The van der Waals surface area contributed by atoms with Gasteiger partial charge in [-0.1, -0.05) is 18.9 Å². The lowest BCUT2D eigenvalue weighted by atomic mass is 10.1. The second-order valence-electron chi connectivity index (χ2n) is 7.95. The monoisotopic (exact) mass is 384 g/mol. The molecule has 1 heterocycles. The van der Waals surface area contributed by atoms with Crippen molar-refractivity contribution >= 4 is 17.2 Å². The summed E-state index contributed by atoms with van der Waals surface area (Å²) in [7, 11) is 0. The summed E-state index contributed by atoms with van der Waals surface area (Å²) < 4.78 is 5.90. The molecule has 27 heavy (non-hydrogen) atoms. The fourth-order valence-corrected chi connectivity index (χ4v) is 4.49. The molecule has 0 atom stereocenters. The van der Waals surface area contributed by atoms with Gasteiger partial charge in [0.25, 0.3) is 0 Å². The fraction of sp³-hybridized carbons (Fsp3) is 0.545. The van der Waals surface area contributed by atoms with E-state index in [4.69, 9.17) is 9.72 Å². The molecule has 0 spiro atoms. The molecule has 0 radical (unpaired) electrons. The molecule has 1 aromatic carbocycles. The van der Waals surface area contributed by atoms with Crippen molar-refractivity contribution in [3.8, 4) is 5.75 Å². The summed E-state index contributed by atoms with van der Waals surface area (Å²) in [4.78, 5) is 19.7. The Balaban J connectivity index is 1.36. The van der Waals surface area contributed by atoms with E-state index in [1.54, 1.807) is 11.3 Å². The molecule has 2 fully saturated rings. The third-order valence-electron chi connectivity index (χ3n) is 5.75. The number of carbonyl (C=O) groups is 1. The minimum absolute atomic E-state index is 0.247. The maximum Gasteiger partial charge on any atom is 0.226 e. The Morgan fingerprint density at radius 1 is 1.19 bits per heavy atom. The third kappa shape index (κ3) is 4.52. The van der Waals surface area contributed by atoms with Crippen LogP contribution in [-0.2, 0) is 17.9 Å². The average molecular weight is 385 g/mol. The molecule has 0 unspecified atom stereocenters. The molecule has 0 N–H and O–H groups in total. The van der Waals surface area contributed by atoms with Gasteiger partial charge in [0.1, 0.15) is 17.4 Å². The molecular formula is C22H28N2O2S. The highest BCUT2D eigenvalue weighted by atomic mass is 32.1. The van der Waals surface area contributed by atoms with Gasteiger partial charge in [0.2, 0.25) is 5.91 Å². The van der Waals surface area contributed by atoms with E-state index in [0.29, 0.717) is 25.1 Å². The van der Waals surface area contributed by atoms with Crippen LogP contribution in [0.2, 0.25) is 0 Å². The van der Waals surface area contributed by atoms with Crippen molar-refractivity contribution in [3.63, 3.8) is 0 Å². The number of carbonyl (C=O) groups excluding carboxylic acids is 1. The van der Waals surface area contributed by atoms with E-state index < -0.39 is 0 Å². The Kier molecular flexibility index (Phi) is 5.48. The summed E-state index contributed by atoms with van der Waals surface area (Å²) in [5, 5.41) is 3.04. The van der Waals surface area contributed by atoms with E-state index in [1.807, 2.05) is 6.07 Å². The van der Waals surface area contributed by atoms with Crippen LogP contribution in [0.25, 0.3) is 0 Å². The number of aromatic nitrogens is 1. The van der Waals surface area contributed by atoms with Gasteiger partial charge in [-0.3, -0.25) is 4.79 Å². The van der Waals surface area contributed by atoms with Gasteiger partial charge in [0.05, 0.1) is 12.2 Å². The van der Waals surface area contributed by atoms with Crippen LogP contribution in [0.1, 0.15) is 60.4 Å². The highest BCUT2D eigenvalue weighted by molar-refractivity contribution is 7.09. The van der Waals surface area contributed by atoms with E-state index in [-0.39, 0.29) is 5.92 Å². The topological polar surface area (TPSA) is 42.4 Å².